The molecule has 0 radical (unpaired) electrons. The Morgan fingerprint density at radius 1 is 1.14 bits per heavy atom. The second-order valence-corrected chi connectivity index (χ2v) is 8.72. The molecule has 2 fully saturated rings. The summed E-state index contributed by atoms with van der Waals surface area (Å²) in [6.07, 6.45) is 8.34. The van der Waals surface area contributed by atoms with E-state index in [1.54, 1.807) is 27.7 Å². The molecule has 8 heteroatoms. The van der Waals surface area contributed by atoms with Gasteiger partial charge in [0.25, 0.3) is 5.56 Å². The van der Waals surface area contributed by atoms with Crippen LogP contribution in [0.25, 0.3) is 5.82 Å². The number of hydrogen-bond donors (Lipinski definition) is 0. The zero-order chi connectivity index (χ0) is 18.9. The van der Waals surface area contributed by atoms with Gasteiger partial charge in [0.1, 0.15) is 0 Å². The largest absolute Gasteiger partial charge is 0.297 e. The van der Waals surface area contributed by atoms with Crippen LogP contribution in [0.3, 0.4) is 0 Å². The van der Waals surface area contributed by atoms with E-state index in [0.717, 1.165) is 38.4 Å². The molecule has 1 aliphatic carbocycles. The molecule has 3 aromatic rings. The van der Waals surface area contributed by atoms with Gasteiger partial charge in [-0.05, 0) is 56.8 Å². The Morgan fingerprint density at radius 3 is 2.75 bits per heavy atom. The van der Waals surface area contributed by atoms with E-state index in [2.05, 4.69) is 20.5 Å². The summed E-state index contributed by atoms with van der Waals surface area (Å²) in [7, 11) is 0. The van der Waals surface area contributed by atoms with Crippen LogP contribution >= 0.6 is 11.3 Å². The number of hydrogen-bond acceptors (Lipinski definition) is 6. The van der Waals surface area contributed by atoms with Crippen LogP contribution in [-0.4, -0.2) is 42.5 Å². The number of nitrogens with zero attached hydrogens (tertiary/aromatic N) is 6. The maximum absolute atomic E-state index is 12.2. The van der Waals surface area contributed by atoms with Crippen LogP contribution in [0.1, 0.15) is 42.3 Å². The van der Waals surface area contributed by atoms with Gasteiger partial charge < -0.3 is 0 Å². The van der Waals surface area contributed by atoms with Crippen molar-refractivity contribution in [3.63, 3.8) is 0 Å². The third-order valence-corrected chi connectivity index (χ3v) is 6.67. The molecule has 7 nitrogen and oxygen atoms in total. The highest BCUT2D eigenvalue weighted by Gasteiger charge is 2.27. The lowest BCUT2D eigenvalue weighted by molar-refractivity contribution is 0.162. The topological polar surface area (TPSA) is 68.8 Å². The van der Waals surface area contributed by atoms with E-state index in [0.29, 0.717) is 18.3 Å². The molecule has 0 N–H and O–H groups in total. The molecule has 0 unspecified atom stereocenters. The number of piperidine rings is 1. The zero-order valence-corrected chi connectivity index (χ0v) is 16.6. The standard InChI is InChI=1S/C20H24N6OS/c27-19-5-4-18(25-9-1-8-21-25)23-26(19)12-15-6-10-24(11-7-15)13-17-14-28-20(22-17)16-2-3-16/h1,4-5,8-9,14-16H,2-3,6-7,10-13H2. The minimum absolute atomic E-state index is 0.0478. The maximum Gasteiger partial charge on any atom is 0.266 e. The Hall–Kier alpha value is -2.32. The van der Waals surface area contributed by atoms with Crippen molar-refractivity contribution in [2.75, 3.05) is 13.1 Å². The van der Waals surface area contributed by atoms with Crippen molar-refractivity contribution in [1.29, 1.82) is 0 Å². The molecule has 2 aliphatic rings. The summed E-state index contributed by atoms with van der Waals surface area (Å²) in [5.41, 5.74) is 1.17. The molecule has 0 atom stereocenters. The van der Waals surface area contributed by atoms with Crippen LogP contribution in [0.15, 0.2) is 40.8 Å². The Balaban J connectivity index is 1.18. The molecule has 0 aromatic carbocycles. The highest BCUT2D eigenvalue weighted by Crippen LogP contribution is 2.41. The Morgan fingerprint density at radius 2 is 2.00 bits per heavy atom. The third-order valence-electron chi connectivity index (χ3n) is 5.61. The summed E-state index contributed by atoms with van der Waals surface area (Å²) < 4.78 is 3.28. The van der Waals surface area contributed by atoms with Gasteiger partial charge in [-0.2, -0.15) is 5.10 Å². The minimum Gasteiger partial charge on any atom is -0.297 e. The normalized spacial score (nSPS) is 18.6. The van der Waals surface area contributed by atoms with E-state index in [1.165, 1.54) is 23.5 Å². The molecule has 146 valence electrons. The van der Waals surface area contributed by atoms with Crippen molar-refractivity contribution >= 4 is 11.3 Å². The van der Waals surface area contributed by atoms with Crippen LogP contribution in [0.5, 0.6) is 0 Å². The first-order chi connectivity index (χ1) is 13.7. The van der Waals surface area contributed by atoms with Crippen LogP contribution in [0, 0.1) is 5.92 Å². The third kappa shape index (κ3) is 3.93. The zero-order valence-electron chi connectivity index (χ0n) is 15.8. The van der Waals surface area contributed by atoms with Crippen LogP contribution in [0.4, 0.5) is 0 Å². The van der Waals surface area contributed by atoms with Gasteiger partial charge in [-0.15, -0.1) is 16.4 Å². The quantitative estimate of drug-likeness (QED) is 0.641. The number of aromatic nitrogens is 5. The first-order valence-corrected chi connectivity index (χ1v) is 10.9. The van der Waals surface area contributed by atoms with Crippen molar-refractivity contribution in [2.24, 2.45) is 5.92 Å². The van der Waals surface area contributed by atoms with Crippen LogP contribution < -0.4 is 5.56 Å². The van der Waals surface area contributed by atoms with E-state index in [9.17, 15) is 4.79 Å². The van der Waals surface area contributed by atoms with Crippen molar-refractivity contribution in [3.8, 4) is 5.82 Å². The van der Waals surface area contributed by atoms with Crippen molar-refractivity contribution < 1.29 is 0 Å². The molecule has 4 heterocycles. The molecular formula is C20H24N6OS. The first-order valence-electron chi connectivity index (χ1n) is 9.99. The highest BCUT2D eigenvalue weighted by molar-refractivity contribution is 7.09. The fourth-order valence-electron chi connectivity index (χ4n) is 3.81. The molecule has 0 spiro atoms. The maximum atomic E-state index is 12.2. The summed E-state index contributed by atoms with van der Waals surface area (Å²) in [5, 5.41) is 12.3. The summed E-state index contributed by atoms with van der Waals surface area (Å²) in [6, 6.07) is 5.15. The average molecular weight is 397 g/mol. The van der Waals surface area contributed by atoms with Crippen molar-refractivity contribution in [3.05, 3.63) is 57.0 Å². The van der Waals surface area contributed by atoms with Gasteiger partial charge >= 0.3 is 0 Å². The summed E-state index contributed by atoms with van der Waals surface area (Å²) in [6.45, 7) is 3.72. The lowest BCUT2D eigenvalue weighted by Gasteiger charge is -2.31. The van der Waals surface area contributed by atoms with Gasteiger partial charge in [0.15, 0.2) is 5.82 Å². The first kappa shape index (κ1) is 17.8. The number of likely N-dealkylation sites (tertiary alicyclic amines) is 1. The lowest BCUT2D eigenvalue weighted by atomic mass is 9.97. The fourth-order valence-corrected chi connectivity index (χ4v) is 4.79. The van der Waals surface area contributed by atoms with Gasteiger partial charge in [0.2, 0.25) is 0 Å². The number of thiazole rings is 1. The molecular weight excluding hydrogens is 372 g/mol. The van der Waals surface area contributed by atoms with Gasteiger partial charge in [0.05, 0.1) is 10.7 Å². The minimum atomic E-state index is -0.0478. The SMILES string of the molecule is O=c1ccc(-n2cccn2)nn1CC1CCN(Cc2csc(C3CC3)n2)CC1. The van der Waals surface area contributed by atoms with Gasteiger partial charge in [0, 0.05) is 42.8 Å². The molecule has 5 rings (SSSR count). The summed E-state index contributed by atoms with van der Waals surface area (Å²) in [5.74, 6) is 1.90. The average Bonchev–Trinajstić information content (AvgIpc) is 3.21. The van der Waals surface area contributed by atoms with E-state index < -0.39 is 0 Å². The van der Waals surface area contributed by atoms with Gasteiger partial charge in [-0.25, -0.2) is 14.3 Å². The predicted octanol–water partition coefficient (Wildman–Crippen LogP) is 2.68. The highest BCUT2D eigenvalue weighted by atomic mass is 32.1. The smallest absolute Gasteiger partial charge is 0.266 e. The summed E-state index contributed by atoms with van der Waals surface area (Å²) in [4.78, 5) is 19.5. The summed E-state index contributed by atoms with van der Waals surface area (Å²) >= 11 is 1.82. The molecule has 0 bridgehead atoms. The van der Waals surface area contributed by atoms with Crippen molar-refractivity contribution in [1.82, 2.24) is 29.4 Å². The molecule has 0 amide bonds. The second-order valence-electron chi connectivity index (χ2n) is 7.83. The monoisotopic (exact) mass is 396 g/mol. The number of rotatable bonds is 6. The Labute approximate surface area is 167 Å². The Bertz CT molecular complexity index is 982. The molecule has 3 aromatic heterocycles. The van der Waals surface area contributed by atoms with Gasteiger partial charge in [-0.3, -0.25) is 9.69 Å². The molecule has 1 saturated carbocycles. The predicted molar refractivity (Wildman–Crippen MR) is 108 cm³/mol. The fraction of sp³-hybridized carbons (Fsp3) is 0.500. The molecule has 1 aliphatic heterocycles. The van der Waals surface area contributed by atoms with E-state index >= 15 is 0 Å². The van der Waals surface area contributed by atoms with E-state index in [4.69, 9.17) is 4.98 Å². The van der Waals surface area contributed by atoms with Crippen LogP contribution in [0.2, 0.25) is 0 Å². The molecule has 28 heavy (non-hydrogen) atoms. The lowest BCUT2D eigenvalue weighted by Crippen LogP contribution is -2.36. The molecule has 1 saturated heterocycles. The van der Waals surface area contributed by atoms with E-state index in [-0.39, 0.29) is 5.56 Å². The van der Waals surface area contributed by atoms with E-state index in [1.807, 2.05) is 23.6 Å². The Kier molecular flexibility index (Phi) is 4.82. The van der Waals surface area contributed by atoms with Crippen molar-refractivity contribution in [2.45, 2.75) is 44.7 Å². The van der Waals surface area contributed by atoms with Gasteiger partial charge in [-0.1, -0.05) is 0 Å². The van der Waals surface area contributed by atoms with Crippen LogP contribution in [-0.2, 0) is 13.1 Å². The second kappa shape index (κ2) is 7.60.